The molecule has 2 aromatic rings. The van der Waals surface area contributed by atoms with E-state index in [1.54, 1.807) is 12.1 Å². The van der Waals surface area contributed by atoms with Crippen LogP contribution < -0.4 is 5.32 Å². The number of benzene rings is 2. The Kier molecular flexibility index (Phi) is 6.55. The van der Waals surface area contributed by atoms with Gasteiger partial charge in [0.2, 0.25) is 21.6 Å². The number of ketones is 2. The van der Waals surface area contributed by atoms with Crippen LogP contribution in [0.5, 0.6) is 0 Å². The molecule has 4 rings (SSSR count). The van der Waals surface area contributed by atoms with Gasteiger partial charge in [0.15, 0.2) is 0 Å². The number of nitrogens with one attached hydrogen (secondary N) is 1. The number of rotatable bonds is 7. The van der Waals surface area contributed by atoms with Crippen molar-refractivity contribution in [3.63, 3.8) is 0 Å². The third kappa shape index (κ3) is 4.31. The van der Waals surface area contributed by atoms with E-state index in [-0.39, 0.29) is 41.4 Å². The largest absolute Gasteiger partial charge is 0.317 e. The summed E-state index contributed by atoms with van der Waals surface area (Å²) in [5, 5.41) is 4.76. The first-order valence-electron chi connectivity index (χ1n) is 11.2. The summed E-state index contributed by atoms with van der Waals surface area (Å²) in [6.45, 7) is 3.89. The fourth-order valence-electron chi connectivity index (χ4n) is 5.02. The van der Waals surface area contributed by atoms with Gasteiger partial charge >= 0.3 is 0 Å². The van der Waals surface area contributed by atoms with Crippen LogP contribution in [0, 0.1) is 17.8 Å². The topological polar surface area (TPSA) is 83.6 Å². The van der Waals surface area contributed by atoms with E-state index in [0.717, 1.165) is 31.3 Å². The fourth-order valence-corrected chi connectivity index (χ4v) is 6.75. The highest BCUT2D eigenvalue weighted by molar-refractivity contribution is 7.89. The highest BCUT2D eigenvalue weighted by Gasteiger charge is 2.45. The number of Topliss-reactive ketones (excluding diaryl/α,β-unsaturated/α-hetero) is 2. The molecule has 6 nitrogen and oxygen atoms in total. The Balaban J connectivity index is 1.61. The van der Waals surface area contributed by atoms with Gasteiger partial charge in [-0.2, -0.15) is 4.31 Å². The SMILES string of the molecule is CCC[C@H]1CN(S(=O)(=O)c2cccc3ccccc23)CC1C(=O)C(=O)C1CCNCC1. The van der Waals surface area contributed by atoms with Crippen molar-refractivity contribution in [1.29, 1.82) is 0 Å². The van der Waals surface area contributed by atoms with Crippen molar-refractivity contribution in [2.75, 3.05) is 26.2 Å². The van der Waals surface area contributed by atoms with Gasteiger partial charge in [0.1, 0.15) is 0 Å². The minimum Gasteiger partial charge on any atom is -0.317 e. The van der Waals surface area contributed by atoms with Gasteiger partial charge in [0.05, 0.1) is 4.90 Å². The molecule has 0 radical (unpaired) electrons. The summed E-state index contributed by atoms with van der Waals surface area (Å²) < 4.78 is 28.5. The zero-order valence-electron chi connectivity index (χ0n) is 17.9. The number of sulfonamides is 1. The zero-order chi connectivity index (χ0) is 22.0. The highest BCUT2D eigenvalue weighted by atomic mass is 32.2. The smallest absolute Gasteiger partial charge is 0.243 e. The third-order valence-corrected chi connectivity index (χ3v) is 8.61. The van der Waals surface area contributed by atoms with Crippen LogP contribution in [-0.2, 0) is 19.6 Å². The normalized spacial score (nSPS) is 23.3. The average Bonchev–Trinajstić information content (AvgIpc) is 3.23. The number of nitrogens with zero attached hydrogens (tertiary/aromatic N) is 1. The van der Waals surface area contributed by atoms with Crippen molar-refractivity contribution in [2.45, 2.75) is 37.5 Å². The number of piperidine rings is 1. The second-order valence-corrected chi connectivity index (χ2v) is 10.6. The molecule has 0 aliphatic carbocycles. The molecule has 2 atom stereocenters. The Labute approximate surface area is 184 Å². The van der Waals surface area contributed by atoms with Gasteiger partial charge in [0, 0.05) is 30.3 Å². The summed E-state index contributed by atoms with van der Waals surface area (Å²) in [7, 11) is -3.77. The van der Waals surface area contributed by atoms with Crippen LogP contribution in [0.1, 0.15) is 32.6 Å². The van der Waals surface area contributed by atoms with E-state index in [1.807, 2.05) is 37.3 Å². The standard InChI is InChI=1S/C24H30N2O4S/c1-2-6-19-15-26(16-21(19)24(28)23(27)18-11-13-25-14-12-18)31(29,30)22-10-5-8-17-7-3-4-9-20(17)22/h3-5,7-10,18-19,21,25H,2,6,11-16H2,1H3/t19-,21?/m0/s1. The van der Waals surface area contributed by atoms with Gasteiger partial charge in [-0.05, 0) is 49.7 Å². The van der Waals surface area contributed by atoms with Crippen LogP contribution in [0.15, 0.2) is 47.4 Å². The Morgan fingerprint density at radius 3 is 2.45 bits per heavy atom. The van der Waals surface area contributed by atoms with E-state index in [1.165, 1.54) is 4.31 Å². The van der Waals surface area contributed by atoms with E-state index >= 15 is 0 Å². The van der Waals surface area contributed by atoms with E-state index < -0.39 is 15.9 Å². The Hall–Kier alpha value is -2.09. The molecule has 2 aliphatic heterocycles. The maximum Gasteiger partial charge on any atom is 0.243 e. The molecular formula is C24H30N2O4S. The molecular weight excluding hydrogens is 412 g/mol. The second kappa shape index (κ2) is 9.18. The molecule has 2 aliphatic rings. The lowest BCUT2D eigenvalue weighted by Crippen LogP contribution is -2.39. The van der Waals surface area contributed by atoms with Crippen LogP contribution in [-0.4, -0.2) is 50.5 Å². The quantitative estimate of drug-likeness (QED) is 0.667. The average molecular weight is 443 g/mol. The molecule has 0 bridgehead atoms. The molecule has 2 aromatic carbocycles. The molecule has 1 N–H and O–H groups in total. The molecule has 31 heavy (non-hydrogen) atoms. The molecule has 166 valence electrons. The molecule has 7 heteroatoms. The first-order chi connectivity index (χ1) is 14.9. The van der Waals surface area contributed by atoms with E-state index in [2.05, 4.69) is 5.32 Å². The molecule has 0 spiro atoms. The Bertz CT molecular complexity index is 1070. The second-order valence-electron chi connectivity index (χ2n) is 8.71. The summed E-state index contributed by atoms with van der Waals surface area (Å²) >= 11 is 0. The predicted octanol–water partition coefficient (Wildman–Crippen LogP) is 3.01. The first kappa shape index (κ1) is 22.1. The molecule has 0 aromatic heterocycles. The van der Waals surface area contributed by atoms with Crippen molar-refractivity contribution in [2.24, 2.45) is 17.8 Å². The lowest BCUT2D eigenvalue weighted by molar-refractivity contribution is -0.142. The minimum absolute atomic E-state index is 0.0891. The lowest BCUT2D eigenvalue weighted by atomic mass is 9.82. The van der Waals surface area contributed by atoms with Crippen LogP contribution in [0.3, 0.4) is 0 Å². The number of hydrogen-bond acceptors (Lipinski definition) is 5. The van der Waals surface area contributed by atoms with Gasteiger partial charge in [-0.15, -0.1) is 0 Å². The number of carbonyl (C=O) groups excluding carboxylic acids is 2. The molecule has 1 unspecified atom stereocenters. The van der Waals surface area contributed by atoms with Crippen molar-refractivity contribution in [1.82, 2.24) is 9.62 Å². The molecule has 2 saturated heterocycles. The summed E-state index contributed by atoms with van der Waals surface area (Å²) in [5.74, 6) is -1.59. The summed E-state index contributed by atoms with van der Waals surface area (Å²) in [5.41, 5.74) is 0. The molecule has 2 fully saturated rings. The number of fused-ring (bicyclic) bond motifs is 1. The predicted molar refractivity (Wildman–Crippen MR) is 120 cm³/mol. The van der Waals surface area contributed by atoms with Crippen molar-refractivity contribution >= 4 is 32.4 Å². The van der Waals surface area contributed by atoms with Crippen molar-refractivity contribution < 1.29 is 18.0 Å². The van der Waals surface area contributed by atoms with Crippen LogP contribution in [0.4, 0.5) is 0 Å². The van der Waals surface area contributed by atoms with Crippen molar-refractivity contribution in [3.8, 4) is 0 Å². The highest BCUT2D eigenvalue weighted by Crippen LogP contribution is 2.35. The van der Waals surface area contributed by atoms with Gasteiger partial charge in [-0.1, -0.05) is 49.7 Å². The van der Waals surface area contributed by atoms with Crippen LogP contribution in [0.25, 0.3) is 10.8 Å². The van der Waals surface area contributed by atoms with E-state index in [4.69, 9.17) is 0 Å². The summed E-state index contributed by atoms with van der Waals surface area (Å²) in [6.07, 6.45) is 2.93. The first-order valence-corrected chi connectivity index (χ1v) is 12.6. The van der Waals surface area contributed by atoms with Crippen molar-refractivity contribution in [3.05, 3.63) is 42.5 Å². The minimum atomic E-state index is -3.77. The number of carbonyl (C=O) groups is 2. The maximum atomic E-state index is 13.6. The van der Waals surface area contributed by atoms with Gasteiger partial charge in [0.25, 0.3) is 0 Å². The van der Waals surface area contributed by atoms with Gasteiger partial charge < -0.3 is 5.32 Å². The maximum absolute atomic E-state index is 13.6. The molecule has 2 heterocycles. The van der Waals surface area contributed by atoms with E-state index in [9.17, 15) is 18.0 Å². The summed E-state index contributed by atoms with van der Waals surface area (Å²) in [6, 6.07) is 12.7. The fraction of sp³-hybridized carbons (Fsp3) is 0.500. The number of hydrogen-bond donors (Lipinski definition) is 1. The lowest BCUT2D eigenvalue weighted by Gasteiger charge is -2.23. The molecule has 0 saturated carbocycles. The van der Waals surface area contributed by atoms with Crippen LogP contribution in [0.2, 0.25) is 0 Å². The van der Waals surface area contributed by atoms with Gasteiger partial charge in [-0.3, -0.25) is 9.59 Å². The van der Waals surface area contributed by atoms with E-state index in [0.29, 0.717) is 18.2 Å². The van der Waals surface area contributed by atoms with Gasteiger partial charge in [-0.25, -0.2) is 8.42 Å². The third-order valence-electron chi connectivity index (χ3n) is 6.72. The van der Waals surface area contributed by atoms with Crippen LogP contribution >= 0.6 is 0 Å². The Morgan fingerprint density at radius 2 is 1.71 bits per heavy atom. The zero-order valence-corrected chi connectivity index (χ0v) is 18.7. The summed E-state index contributed by atoms with van der Waals surface area (Å²) in [4.78, 5) is 26.3. The Morgan fingerprint density at radius 1 is 1.00 bits per heavy atom. The monoisotopic (exact) mass is 442 g/mol. The molecule has 0 amide bonds.